The summed E-state index contributed by atoms with van der Waals surface area (Å²) in [4.78, 5) is 38.5. The number of anilines is 1. The van der Waals surface area contributed by atoms with E-state index >= 15 is 0 Å². The first kappa shape index (κ1) is 17.3. The number of carbonyl (C=O) groups is 3. The van der Waals surface area contributed by atoms with E-state index in [9.17, 15) is 14.4 Å². The molecule has 0 aromatic heterocycles. The minimum Gasteiger partial charge on any atom is -0.464 e. The molecule has 25 heavy (non-hydrogen) atoms. The predicted molar refractivity (Wildman–Crippen MR) is 91.9 cm³/mol. The van der Waals surface area contributed by atoms with Gasteiger partial charge in [-0.15, -0.1) is 0 Å². The van der Waals surface area contributed by atoms with Gasteiger partial charge in [-0.1, -0.05) is 12.1 Å². The zero-order chi connectivity index (χ0) is 18.0. The van der Waals surface area contributed by atoms with Crippen LogP contribution in [0.2, 0.25) is 0 Å². The summed E-state index contributed by atoms with van der Waals surface area (Å²) < 4.78 is 5.03. The van der Waals surface area contributed by atoms with Gasteiger partial charge in [0.2, 0.25) is 5.91 Å². The molecular weight excluding hydrogens is 322 g/mol. The van der Waals surface area contributed by atoms with E-state index in [0.717, 1.165) is 5.69 Å². The summed E-state index contributed by atoms with van der Waals surface area (Å²) in [6.45, 7) is 4.07. The third kappa shape index (κ3) is 3.31. The Kier molecular flexibility index (Phi) is 4.65. The number of amides is 2. The molecule has 1 saturated heterocycles. The summed E-state index contributed by atoms with van der Waals surface area (Å²) in [6.07, 6.45) is 1.24. The van der Waals surface area contributed by atoms with Crippen LogP contribution in [0.25, 0.3) is 0 Å². The SMILES string of the molecule is CCOC(=O)[C@H](C)N1CC[C@@]2(CCC1=O)NC(=O)c1ccccc1N2. The normalized spacial score (nSPS) is 24.0. The summed E-state index contributed by atoms with van der Waals surface area (Å²) in [7, 11) is 0. The molecule has 2 N–H and O–H groups in total. The van der Waals surface area contributed by atoms with Crippen molar-refractivity contribution >= 4 is 23.5 Å². The quantitative estimate of drug-likeness (QED) is 0.811. The second-order valence-electron chi connectivity index (χ2n) is 6.47. The second-order valence-corrected chi connectivity index (χ2v) is 6.47. The number of esters is 1. The van der Waals surface area contributed by atoms with Crippen molar-refractivity contribution < 1.29 is 19.1 Å². The first-order valence-electron chi connectivity index (χ1n) is 8.61. The molecule has 2 amide bonds. The number of hydrogen-bond donors (Lipinski definition) is 2. The van der Waals surface area contributed by atoms with E-state index in [-0.39, 0.29) is 24.8 Å². The molecule has 0 aliphatic carbocycles. The Morgan fingerprint density at radius 3 is 2.80 bits per heavy atom. The average Bonchev–Trinajstić information content (AvgIpc) is 2.74. The molecule has 3 rings (SSSR count). The molecule has 2 aliphatic heterocycles. The van der Waals surface area contributed by atoms with Crippen LogP contribution in [0.1, 0.15) is 43.5 Å². The minimum absolute atomic E-state index is 0.104. The number of ether oxygens (including phenoxy) is 1. The molecule has 2 aliphatic rings. The maximum atomic E-state index is 12.5. The Morgan fingerprint density at radius 2 is 2.04 bits per heavy atom. The highest BCUT2D eigenvalue weighted by molar-refractivity contribution is 6.02. The van der Waals surface area contributed by atoms with Crippen molar-refractivity contribution in [3.63, 3.8) is 0 Å². The highest BCUT2D eigenvalue weighted by Crippen LogP contribution is 2.32. The number of nitrogens with zero attached hydrogens (tertiary/aromatic N) is 1. The predicted octanol–water partition coefficient (Wildman–Crippen LogP) is 1.50. The standard InChI is InChI=1S/C18H23N3O4/c1-3-25-17(24)12(2)21-11-10-18(9-8-15(21)22)19-14-7-5-4-6-13(14)16(23)20-18/h4-7,12,19H,3,8-11H2,1-2H3,(H,20,23)/t12-,18+/m0/s1. The van der Waals surface area contributed by atoms with Crippen molar-refractivity contribution in [2.24, 2.45) is 0 Å². The number of carbonyl (C=O) groups excluding carboxylic acids is 3. The molecule has 1 aromatic carbocycles. The maximum absolute atomic E-state index is 12.5. The zero-order valence-corrected chi connectivity index (χ0v) is 14.5. The fourth-order valence-electron chi connectivity index (χ4n) is 3.44. The zero-order valence-electron chi connectivity index (χ0n) is 14.5. The van der Waals surface area contributed by atoms with Crippen LogP contribution < -0.4 is 10.6 Å². The van der Waals surface area contributed by atoms with Gasteiger partial charge in [0.15, 0.2) is 0 Å². The topological polar surface area (TPSA) is 87.7 Å². The van der Waals surface area contributed by atoms with Crippen molar-refractivity contribution in [2.75, 3.05) is 18.5 Å². The van der Waals surface area contributed by atoms with E-state index < -0.39 is 17.7 Å². The number of benzene rings is 1. The summed E-state index contributed by atoms with van der Waals surface area (Å²) in [6, 6.07) is 6.68. The number of hydrogen-bond acceptors (Lipinski definition) is 5. The van der Waals surface area contributed by atoms with E-state index in [2.05, 4.69) is 10.6 Å². The number of para-hydroxylation sites is 1. The Labute approximate surface area is 146 Å². The van der Waals surface area contributed by atoms with E-state index in [4.69, 9.17) is 4.74 Å². The van der Waals surface area contributed by atoms with E-state index in [1.807, 2.05) is 18.2 Å². The van der Waals surface area contributed by atoms with Gasteiger partial charge < -0.3 is 20.3 Å². The first-order valence-corrected chi connectivity index (χ1v) is 8.61. The van der Waals surface area contributed by atoms with Crippen LogP contribution in [0.3, 0.4) is 0 Å². The Balaban J connectivity index is 1.78. The van der Waals surface area contributed by atoms with E-state index in [1.165, 1.54) is 0 Å². The van der Waals surface area contributed by atoms with Gasteiger partial charge in [0.1, 0.15) is 11.7 Å². The molecule has 1 aromatic rings. The van der Waals surface area contributed by atoms with Crippen LogP contribution in [-0.2, 0) is 14.3 Å². The third-order valence-electron chi connectivity index (χ3n) is 4.86. The maximum Gasteiger partial charge on any atom is 0.328 e. The van der Waals surface area contributed by atoms with E-state index in [1.54, 1.807) is 24.8 Å². The Morgan fingerprint density at radius 1 is 1.28 bits per heavy atom. The van der Waals surface area contributed by atoms with Gasteiger partial charge in [-0.05, 0) is 32.4 Å². The molecule has 1 fully saturated rings. The first-order chi connectivity index (χ1) is 12.0. The molecule has 0 unspecified atom stereocenters. The van der Waals surface area contributed by atoms with Gasteiger partial charge in [-0.2, -0.15) is 0 Å². The molecule has 7 nitrogen and oxygen atoms in total. The molecule has 0 bridgehead atoms. The van der Waals surface area contributed by atoms with Gasteiger partial charge >= 0.3 is 5.97 Å². The smallest absolute Gasteiger partial charge is 0.328 e. The molecule has 134 valence electrons. The van der Waals surface area contributed by atoms with Crippen LogP contribution in [0.5, 0.6) is 0 Å². The number of nitrogens with one attached hydrogen (secondary N) is 2. The van der Waals surface area contributed by atoms with Crippen LogP contribution in [0.15, 0.2) is 24.3 Å². The summed E-state index contributed by atoms with van der Waals surface area (Å²) in [5.74, 6) is -0.654. The van der Waals surface area contributed by atoms with Crippen LogP contribution >= 0.6 is 0 Å². The largest absolute Gasteiger partial charge is 0.464 e. The van der Waals surface area contributed by atoms with Gasteiger partial charge in [-0.25, -0.2) is 4.79 Å². The van der Waals surface area contributed by atoms with Crippen molar-refractivity contribution in [3.8, 4) is 0 Å². The van der Waals surface area contributed by atoms with Gasteiger partial charge in [0.25, 0.3) is 5.91 Å². The molecular formula is C18H23N3O4. The lowest BCUT2D eigenvalue weighted by Crippen LogP contribution is -2.58. The Hall–Kier alpha value is -2.57. The van der Waals surface area contributed by atoms with Crippen molar-refractivity contribution in [1.82, 2.24) is 10.2 Å². The second kappa shape index (κ2) is 6.74. The fourth-order valence-corrected chi connectivity index (χ4v) is 3.44. The fraction of sp³-hybridized carbons (Fsp3) is 0.500. The van der Waals surface area contributed by atoms with Crippen LogP contribution in [-0.4, -0.2) is 47.5 Å². The highest BCUT2D eigenvalue weighted by Gasteiger charge is 2.41. The van der Waals surface area contributed by atoms with Gasteiger partial charge in [0.05, 0.1) is 12.2 Å². The van der Waals surface area contributed by atoms with Gasteiger partial charge in [0, 0.05) is 25.1 Å². The molecule has 2 heterocycles. The highest BCUT2D eigenvalue weighted by atomic mass is 16.5. The summed E-state index contributed by atoms with van der Waals surface area (Å²) in [5.41, 5.74) is 0.690. The average molecular weight is 345 g/mol. The van der Waals surface area contributed by atoms with Crippen LogP contribution in [0.4, 0.5) is 5.69 Å². The van der Waals surface area contributed by atoms with Crippen molar-refractivity contribution in [3.05, 3.63) is 29.8 Å². The number of fused-ring (bicyclic) bond motifs is 1. The number of likely N-dealkylation sites (tertiary alicyclic amines) is 1. The van der Waals surface area contributed by atoms with E-state index in [0.29, 0.717) is 24.9 Å². The molecule has 0 saturated carbocycles. The van der Waals surface area contributed by atoms with Crippen molar-refractivity contribution in [1.29, 1.82) is 0 Å². The lowest BCUT2D eigenvalue weighted by molar-refractivity contribution is -0.153. The third-order valence-corrected chi connectivity index (χ3v) is 4.86. The molecule has 0 radical (unpaired) electrons. The lowest BCUT2D eigenvalue weighted by Gasteiger charge is -2.40. The number of rotatable bonds is 3. The van der Waals surface area contributed by atoms with Gasteiger partial charge in [-0.3, -0.25) is 9.59 Å². The van der Waals surface area contributed by atoms with Crippen LogP contribution in [0, 0.1) is 0 Å². The molecule has 7 heteroatoms. The van der Waals surface area contributed by atoms with Crippen molar-refractivity contribution in [2.45, 2.75) is 44.8 Å². The lowest BCUT2D eigenvalue weighted by atomic mass is 9.95. The Bertz CT molecular complexity index is 705. The molecule has 1 spiro atoms. The monoisotopic (exact) mass is 345 g/mol. The summed E-state index contributed by atoms with van der Waals surface area (Å²) in [5, 5.41) is 6.41. The minimum atomic E-state index is -0.676. The summed E-state index contributed by atoms with van der Waals surface area (Å²) >= 11 is 0. The molecule has 2 atom stereocenters.